The van der Waals surface area contributed by atoms with Crippen LogP contribution in [0.4, 0.5) is 0 Å². The minimum Gasteiger partial charge on any atom is -0.372 e. The lowest BCUT2D eigenvalue weighted by Crippen LogP contribution is -2.38. The Kier molecular flexibility index (Phi) is 3.68. The Hall–Kier alpha value is -1.88. The molecule has 112 valence electrons. The van der Waals surface area contributed by atoms with Crippen molar-refractivity contribution in [3.63, 3.8) is 0 Å². The quantitative estimate of drug-likeness (QED) is 0.916. The van der Waals surface area contributed by atoms with E-state index in [0.717, 1.165) is 11.1 Å². The van der Waals surface area contributed by atoms with Gasteiger partial charge in [-0.1, -0.05) is 6.07 Å². The number of hydrogen-bond donors (Lipinski definition) is 1. The summed E-state index contributed by atoms with van der Waals surface area (Å²) < 4.78 is 5.35. The van der Waals surface area contributed by atoms with Gasteiger partial charge >= 0.3 is 0 Å². The standard InChI is InChI=1S/C16H20N2O3/c1-10(2)18-7-14(6-15(18)19)17-16(20)11-3-4-12-8-21-9-13(12)5-11/h3-5,10,14H,6-9H2,1-2H3,(H,17,20). The number of hydrogen-bond acceptors (Lipinski definition) is 3. The fourth-order valence-corrected chi connectivity index (χ4v) is 2.91. The highest BCUT2D eigenvalue weighted by molar-refractivity contribution is 5.95. The topological polar surface area (TPSA) is 58.6 Å². The molecule has 0 saturated carbocycles. The largest absolute Gasteiger partial charge is 0.372 e. The molecule has 1 aromatic rings. The van der Waals surface area contributed by atoms with Crippen LogP contribution in [-0.4, -0.2) is 35.3 Å². The average molecular weight is 288 g/mol. The van der Waals surface area contributed by atoms with Crippen molar-refractivity contribution in [3.8, 4) is 0 Å². The second-order valence-corrected chi connectivity index (χ2v) is 5.99. The molecule has 2 heterocycles. The first kappa shape index (κ1) is 14.1. The number of benzene rings is 1. The molecule has 2 amide bonds. The van der Waals surface area contributed by atoms with E-state index in [2.05, 4.69) is 5.32 Å². The maximum Gasteiger partial charge on any atom is 0.251 e. The number of ether oxygens (including phenoxy) is 1. The minimum atomic E-state index is -0.117. The Morgan fingerprint density at radius 3 is 2.81 bits per heavy atom. The summed E-state index contributed by atoms with van der Waals surface area (Å²) in [4.78, 5) is 26.0. The maximum absolute atomic E-state index is 12.3. The summed E-state index contributed by atoms with van der Waals surface area (Å²) in [6.07, 6.45) is 0.387. The fourth-order valence-electron chi connectivity index (χ4n) is 2.91. The molecular weight excluding hydrogens is 268 g/mol. The van der Waals surface area contributed by atoms with Crippen molar-refractivity contribution in [3.05, 3.63) is 34.9 Å². The number of nitrogens with zero attached hydrogens (tertiary/aromatic N) is 1. The second-order valence-electron chi connectivity index (χ2n) is 5.99. The van der Waals surface area contributed by atoms with Gasteiger partial charge in [0.1, 0.15) is 0 Å². The van der Waals surface area contributed by atoms with Crippen LogP contribution in [0, 0.1) is 0 Å². The highest BCUT2D eigenvalue weighted by Gasteiger charge is 2.32. The molecule has 1 aromatic carbocycles. The summed E-state index contributed by atoms with van der Waals surface area (Å²) >= 11 is 0. The Morgan fingerprint density at radius 1 is 1.33 bits per heavy atom. The molecular formula is C16H20N2O3. The monoisotopic (exact) mass is 288 g/mol. The van der Waals surface area contributed by atoms with Gasteiger partial charge in [0.05, 0.1) is 19.3 Å². The first-order valence-electron chi connectivity index (χ1n) is 7.34. The van der Waals surface area contributed by atoms with Crippen molar-refractivity contribution < 1.29 is 14.3 Å². The average Bonchev–Trinajstić information content (AvgIpc) is 3.04. The van der Waals surface area contributed by atoms with Crippen LogP contribution in [0.3, 0.4) is 0 Å². The Labute approximate surface area is 124 Å². The normalized spacial score (nSPS) is 21.0. The molecule has 0 spiro atoms. The smallest absolute Gasteiger partial charge is 0.251 e. The summed E-state index contributed by atoms with van der Waals surface area (Å²) in [5.74, 6) is -0.00856. The van der Waals surface area contributed by atoms with Gasteiger partial charge in [0, 0.05) is 24.6 Å². The minimum absolute atomic E-state index is 0.100. The number of fused-ring (bicyclic) bond motifs is 1. The van der Waals surface area contributed by atoms with E-state index in [1.54, 1.807) is 0 Å². The highest BCUT2D eigenvalue weighted by atomic mass is 16.5. The van der Waals surface area contributed by atoms with Crippen LogP contribution in [-0.2, 0) is 22.7 Å². The van der Waals surface area contributed by atoms with Crippen LogP contribution in [0.2, 0.25) is 0 Å². The molecule has 1 unspecified atom stereocenters. The molecule has 2 aliphatic rings. The first-order chi connectivity index (χ1) is 10.0. The Balaban J connectivity index is 1.66. The van der Waals surface area contributed by atoms with E-state index < -0.39 is 0 Å². The van der Waals surface area contributed by atoms with Gasteiger partial charge < -0.3 is 15.0 Å². The molecule has 3 rings (SSSR count). The lowest BCUT2D eigenvalue weighted by Gasteiger charge is -2.21. The van der Waals surface area contributed by atoms with E-state index in [4.69, 9.17) is 4.74 Å². The number of rotatable bonds is 3. The maximum atomic E-state index is 12.3. The number of carbonyl (C=O) groups is 2. The van der Waals surface area contributed by atoms with E-state index in [1.807, 2.05) is 36.9 Å². The molecule has 1 fully saturated rings. The van der Waals surface area contributed by atoms with Gasteiger partial charge in [0.2, 0.25) is 5.91 Å². The van der Waals surface area contributed by atoms with Crippen molar-refractivity contribution >= 4 is 11.8 Å². The van der Waals surface area contributed by atoms with Crippen LogP contribution < -0.4 is 5.32 Å². The van der Waals surface area contributed by atoms with Gasteiger partial charge in [-0.2, -0.15) is 0 Å². The molecule has 1 N–H and O–H groups in total. The van der Waals surface area contributed by atoms with Crippen LogP contribution in [0.5, 0.6) is 0 Å². The first-order valence-corrected chi connectivity index (χ1v) is 7.34. The van der Waals surface area contributed by atoms with Gasteiger partial charge in [-0.05, 0) is 37.1 Å². The number of carbonyl (C=O) groups excluding carboxylic acids is 2. The number of amides is 2. The van der Waals surface area contributed by atoms with Crippen molar-refractivity contribution in [1.29, 1.82) is 0 Å². The third kappa shape index (κ3) is 2.78. The molecule has 0 radical (unpaired) electrons. The zero-order valence-corrected chi connectivity index (χ0v) is 12.4. The van der Waals surface area contributed by atoms with Gasteiger partial charge in [0.15, 0.2) is 0 Å². The predicted octanol–water partition coefficient (Wildman–Crippen LogP) is 1.46. The predicted molar refractivity (Wildman–Crippen MR) is 77.7 cm³/mol. The molecule has 0 aromatic heterocycles. The van der Waals surface area contributed by atoms with Crippen molar-refractivity contribution in [2.75, 3.05) is 6.54 Å². The summed E-state index contributed by atoms with van der Waals surface area (Å²) in [6.45, 7) is 5.76. The van der Waals surface area contributed by atoms with Crippen molar-refractivity contribution in [1.82, 2.24) is 10.2 Å². The third-order valence-corrected chi connectivity index (χ3v) is 4.10. The van der Waals surface area contributed by atoms with Gasteiger partial charge in [-0.25, -0.2) is 0 Å². The SMILES string of the molecule is CC(C)N1CC(NC(=O)c2ccc3c(c2)COC3)CC1=O. The third-order valence-electron chi connectivity index (χ3n) is 4.10. The van der Waals surface area contributed by atoms with E-state index in [9.17, 15) is 9.59 Å². The summed E-state index contributed by atoms with van der Waals surface area (Å²) in [6, 6.07) is 5.72. The highest BCUT2D eigenvalue weighted by Crippen LogP contribution is 2.21. The summed E-state index contributed by atoms with van der Waals surface area (Å²) in [5, 5.41) is 2.96. The van der Waals surface area contributed by atoms with Crippen molar-refractivity contribution in [2.45, 2.75) is 45.6 Å². The lowest BCUT2D eigenvalue weighted by molar-refractivity contribution is -0.129. The molecule has 1 saturated heterocycles. The van der Waals surface area contributed by atoms with Gasteiger partial charge in [0.25, 0.3) is 5.91 Å². The van der Waals surface area contributed by atoms with Crippen LogP contribution in [0.25, 0.3) is 0 Å². The molecule has 1 atom stereocenters. The lowest BCUT2D eigenvalue weighted by atomic mass is 10.1. The van der Waals surface area contributed by atoms with Crippen molar-refractivity contribution in [2.24, 2.45) is 0 Å². The second kappa shape index (κ2) is 5.48. The van der Waals surface area contributed by atoms with Crippen LogP contribution in [0.1, 0.15) is 41.8 Å². The molecule has 0 aliphatic carbocycles. The molecule has 0 bridgehead atoms. The Morgan fingerprint density at radius 2 is 2.10 bits per heavy atom. The van der Waals surface area contributed by atoms with Crippen LogP contribution in [0.15, 0.2) is 18.2 Å². The van der Waals surface area contributed by atoms with E-state index in [0.29, 0.717) is 31.7 Å². The zero-order valence-electron chi connectivity index (χ0n) is 12.4. The number of likely N-dealkylation sites (tertiary alicyclic amines) is 1. The van der Waals surface area contributed by atoms with E-state index in [1.165, 1.54) is 0 Å². The van der Waals surface area contributed by atoms with Gasteiger partial charge in [-0.3, -0.25) is 9.59 Å². The summed E-state index contributed by atoms with van der Waals surface area (Å²) in [5.41, 5.74) is 2.86. The van der Waals surface area contributed by atoms with E-state index >= 15 is 0 Å². The molecule has 5 heteroatoms. The van der Waals surface area contributed by atoms with E-state index in [-0.39, 0.29) is 23.9 Å². The fraction of sp³-hybridized carbons (Fsp3) is 0.500. The van der Waals surface area contributed by atoms with Crippen LogP contribution >= 0.6 is 0 Å². The molecule has 21 heavy (non-hydrogen) atoms. The zero-order chi connectivity index (χ0) is 15.0. The molecule has 2 aliphatic heterocycles. The summed E-state index contributed by atoms with van der Waals surface area (Å²) in [7, 11) is 0. The number of nitrogens with one attached hydrogen (secondary N) is 1. The van der Waals surface area contributed by atoms with Gasteiger partial charge in [-0.15, -0.1) is 0 Å². The molecule has 5 nitrogen and oxygen atoms in total. The Bertz CT molecular complexity index is 583.